The summed E-state index contributed by atoms with van der Waals surface area (Å²) in [7, 11) is -3.47. The van der Waals surface area contributed by atoms with Crippen molar-refractivity contribution in [2.24, 2.45) is 11.7 Å². The zero-order chi connectivity index (χ0) is 23.3. The summed E-state index contributed by atoms with van der Waals surface area (Å²) < 4.78 is 45.2. The van der Waals surface area contributed by atoms with Crippen LogP contribution in [0.3, 0.4) is 0 Å². The Bertz CT molecular complexity index is 1070. The van der Waals surface area contributed by atoms with E-state index in [1.54, 1.807) is 0 Å². The Morgan fingerprint density at radius 1 is 1.39 bits per heavy atom. The number of ether oxygens (including phenoxy) is 1. The summed E-state index contributed by atoms with van der Waals surface area (Å²) in [5, 5.41) is 0.129. The van der Waals surface area contributed by atoms with E-state index in [1.807, 2.05) is 13.8 Å². The minimum atomic E-state index is -3.47. The van der Waals surface area contributed by atoms with Gasteiger partial charge in [0, 0.05) is 6.07 Å². The molecular formula is C18H22BrFN4O5S2. The molecule has 1 aromatic carbocycles. The second kappa shape index (κ2) is 10.5. The van der Waals surface area contributed by atoms with Crippen molar-refractivity contribution in [2.45, 2.75) is 26.8 Å². The second-order valence-corrected chi connectivity index (χ2v) is 11.1. The van der Waals surface area contributed by atoms with Gasteiger partial charge in [-0.1, -0.05) is 25.2 Å². The molecule has 0 saturated carbocycles. The zero-order valence-corrected chi connectivity index (χ0v) is 20.2. The third-order valence-electron chi connectivity index (χ3n) is 3.64. The van der Waals surface area contributed by atoms with Crippen LogP contribution >= 0.6 is 27.3 Å². The average Bonchev–Trinajstić information content (AvgIpc) is 2.99. The van der Waals surface area contributed by atoms with Crippen molar-refractivity contribution in [2.75, 3.05) is 17.8 Å². The fourth-order valence-corrected chi connectivity index (χ4v) is 4.25. The quantitative estimate of drug-likeness (QED) is 0.448. The molecule has 13 heteroatoms. The molecule has 0 spiro atoms. The highest BCUT2D eigenvalue weighted by Gasteiger charge is 2.27. The van der Waals surface area contributed by atoms with Gasteiger partial charge in [0.1, 0.15) is 18.0 Å². The van der Waals surface area contributed by atoms with Crippen LogP contribution in [0.2, 0.25) is 0 Å². The SMILES string of the molecule is CC(C)COc1cc(F)ccc1N(C(=O)CC(N)=O)c1nc(CNS(C)(=O)=O)c(Br)s1. The number of benzene rings is 1. The normalized spacial score (nSPS) is 11.5. The lowest BCUT2D eigenvalue weighted by Gasteiger charge is -2.23. The first kappa shape index (κ1) is 25.2. The molecule has 9 nitrogen and oxygen atoms in total. The highest BCUT2D eigenvalue weighted by atomic mass is 79.9. The number of amides is 2. The van der Waals surface area contributed by atoms with Gasteiger partial charge < -0.3 is 10.5 Å². The summed E-state index contributed by atoms with van der Waals surface area (Å²) in [6.07, 6.45) is 0.392. The first-order valence-corrected chi connectivity index (χ1v) is 12.5. The van der Waals surface area contributed by atoms with Gasteiger partial charge >= 0.3 is 0 Å². The number of nitrogens with one attached hydrogen (secondary N) is 1. The van der Waals surface area contributed by atoms with Gasteiger partial charge in [-0.15, -0.1) is 0 Å². The molecule has 0 unspecified atom stereocenters. The third kappa shape index (κ3) is 7.52. The number of nitrogens with zero attached hydrogens (tertiary/aromatic N) is 2. The largest absolute Gasteiger partial charge is 0.491 e. The maximum Gasteiger partial charge on any atom is 0.242 e. The lowest BCUT2D eigenvalue weighted by atomic mass is 10.2. The van der Waals surface area contributed by atoms with Crippen molar-refractivity contribution >= 4 is 59.9 Å². The Balaban J connectivity index is 2.53. The van der Waals surface area contributed by atoms with E-state index in [-0.39, 0.29) is 35.6 Å². The molecule has 0 saturated heterocycles. The summed E-state index contributed by atoms with van der Waals surface area (Å²) in [4.78, 5) is 29.7. The van der Waals surface area contributed by atoms with Gasteiger partial charge in [0.05, 0.1) is 34.6 Å². The molecule has 3 N–H and O–H groups in total. The smallest absolute Gasteiger partial charge is 0.242 e. The van der Waals surface area contributed by atoms with Crippen molar-refractivity contribution in [3.8, 4) is 5.75 Å². The summed E-state index contributed by atoms with van der Waals surface area (Å²) in [6, 6.07) is 3.63. The van der Waals surface area contributed by atoms with E-state index in [4.69, 9.17) is 10.5 Å². The molecule has 2 rings (SSSR count). The Kier molecular flexibility index (Phi) is 8.51. The number of hydrogen-bond donors (Lipinski definition) is 2. The monoisotopic (exact) mass is 536 g/mol. The van der Waals surface area contributed by atoms with Gasteiger partial charge in [-0.05, 0) is 34.0 Å². The number of rotatable bonds is 10. The molecule has 170 valence electrons. The maximum absolute atomic E-state index is 13.9. The van der Waals surface area contributed by atoms with Crippen molar-refractivity contribution < 1.29 is 27.1 Å². The number of thiazole rings is 1. The maximum atomic E-state index is 13.9. The van der Waals surface area contributed by atoms with E-state index >= 15 is 0 Å². The minimum absolute atomic E-state index is 0.0913. The molecule has 0 aliphatic rings. The van der Waals surface area contributed by atoms with Gasteiger partial charge in [-0.25, -0.2) is 22.5 Å². The fraction of sp³-hybridized carbons (Fsp3) is 0.389. The second-order valence-electron chi connectivity index (χ2n) is 7.00. The van der Waals surface area contributed by atoms with Crippen LogP contribution in [0.25, 0.3) is 0 Å². The number of carbonyl (C=O) groups excluding carboxylic acids is 2. The van der Waals surface area contributed by atoms with Crippen LogP contribution in [0.15, 0.2) is 22.0 Å². The Labute approximate surface area is 192 Å². The minimum Gasteiger partial charge on any atom is -0.491 e. The summed E-state index contributed by atoms with van der Waals surface area (Å²) in [5.41, 5.74) is 5.70. The van der Waals surface area contributed by atoms with Crippen LogP contribution in [-0.2, 0) is 26.2 Å². The number of halogens is 2. The topological polar surface area (TPSA) is 132 Å². The van der Waals surface area contributed by atoms with E-state index in [9.17, 15) is 22.4 Å². The number of primary amides is 1. The van der Waals surface area contributed by atoms with Crippen molar-refractivity contribution in [3.05, 3.63) is 33.5 Å². The summed E-state index contributed by atoms with van der Waals surface area (Å²) >= 11 is 4.34. The lowest BCUT2D eigenvalue weighted by molar-refractivity contribution is -0.125. The molecule has 0 aliphatic heterocycles. The molecule has 0 aliphatic carbocycles. The Morgan fingerprint density at radius 3 is 2.65 bits per heavy atom. The van der Waals surface area contributed by atoms with Crippen molar-refractivity contribution in [1.29, 1.82) is 0 Å². The molecule has 2 amide bonds. The van der Waals surface area contributed by atoms with Gasteiger partial charge in [0.25, 0.3) is 0 Å². The first-order valence-electron chi connectivity index (χ1n) is 9.00. The standard InChI is InChI=1S/C18H22BrFN4O5S2/c1-10(2)9-29-14-6-11(20)4-5-13(14)24(16(26)7-15(21)25)18-23-12(17(19)30-18)8-22-31(3,27)28/h4-6,10,22H,7-9H2,1-3H3,(H2,21,25). The number of sulfonamides is 1. The van der Waals surface area contributed by atoms with Gasteiger partial charge in [-0.2, -0.15) is 0 Å². The van der Waals surface area contributed by atoms with E-state index < -0.39 is 34.1 Å². The van der Waals surface area contributed by atoms with E-state index in [0.29, 0.717) is 9.48 Å². The molecule has 0 fully saturated rings. The molecule has 0 atom stereocenters. The predicted molar refractivity (Wildman–Crippen MR) is 119 cm³/mol. The van der Waals surface area contributed by atoms with Crippen LogP contribution in [0, 0.1) is 11.7 Å². The van der Waals surface area contributed by atoms with Crippen LogP contribution in [0.1, 0.15) is 26.0 Å². The lowest BCUT2D eigenvalue weighted by Crippen LogP contribution is -2.31. The molecule has 1 aromatic heterocycles. The van der Waals surface area contributed by atoms with Crippen molar-refractivity contribution in [3.63, 3.8) is 0 Å². The van der Waals surface area contributed by atoms with Gasteiger partial charge in [0.15, 0.2) is 5.13 Å². The number of nitrogens with two attached hydrogens (primary N) is 1. The zero-order valence-electron chi connectivity index (χ0n) is 17.0. The number of hydrogen-bond acceptors (Lipinski definition) is 7. The number of aromatic nitrogens is 1. The first-order chi connectivity index (χ1) is 14.4. The molecule has 31 heavy (non-hydrogen) atoms. The van der Waals surface area contributed by atoms with Crippen LogP contribution in [0.4, 0.5) is 15.2 Å². The van der Waals surface area contributed by atoms with Crippen LogP contribution in [0.5, 0.6) is 5.75 Å². The van der Waals surface area contributed by atoms with Crippen LogP contribution < -0.4 is 20.1 Å². The Hall–Kier alpha value is -2.09. The fourth-order valence-electron chi connectivity index (χ4n) is 2.34. The highest BCUT2D eigenvalue weighted by molar-refractivity contribution is 9.11. The van der Waals surface area contributed by atoms with Crippen molar-refractivity contribution in [1.82, 2.24) is 9.71 Å². The highest BCUT2D eigenvalue weighted by Crippen LogP contribution is 2.40. The molecule has 1 heterocycles. The average molecular weight is 537 g/mol. The molecular weight excluding hydrogens is 515 g/mol. The molecule has 0 bridgehead atoms. The van der Waals surface area contributed by atoms with E-state index in [0.717, 1.165) is 34.6 Å². The molecule has 2 aromatic rings. The van der Waals surface area contributed by atoms with Gasteiger partial charge in [-0.3, -0.25) is 14.5 Å². The summed E-state index contributed by atoms with van der Waals surface area (Å²) in [6.45, 7) is 3.97. The van der Waals surface area contributed by atoms with Gasteiger partial charge in [0.2, 0.25) is 21.8 Å². The third-order valence-corrected chi connectivity index (χ3v) is 6.12. The Morgan fingerprint density at radius 2 is 2.06 bits per heavy atom. The number of carbonyl (C=O) groups is 2. The predicted octanol–water partition coefficient (Wildman–Crippen LogP) is 2.67. The summed E-state index contributed by atoms with van der Waals surface area (Å²) in [5.74, 6) is -1.89. The number of anilines is 2. The van der Waals surface area contributed by atoms with Crippen LogP contribution in [-0.4, -0.2) is 38.1 Å². The molecule has 0 radical (unpaired) electrons. The van der Waals surface area contributed by atoms with E-state index in [1.165, 1.54) is 6.07 Å². The van der Waals surface area contributed by atoms with E-state index in [2.05, 4.69) is 25.6 Å².